The third-order valence-corrected chi connectivity index (χ3v) is 0.569. The van der Waals surface area contributed by atoms with E-state index >= 15 is 0 Å². The zero-order chi connectivity index (χ0) is 5.11. The van der Waals surface area contributed by atoms with Gasteiger partial charge < -0.3 is 0 Å². The monoisotopic (exact) mass is 94.0 g/mol. The first-order chi connectivity index (χ1) is 3.43. The van der Waals surface area contributed by atoms with Crippen LogP contribution in [-0.2, 0) is 4.79 Å². The van der Waals surface area contributed by atoms with Crippen LogP contribution in [0.15, 0.2) is 28.2 Å². The molecule has 0 aromatic rings. The molecule has 0 atom stereocenters. The molecule has 1 aliphatic rings. The van der Waals surface area contributed by atoms with Gasteiger partial charge in [0.25, 0.3) is 0 Å². The first-order valence-corrected chi connectivity index (χ1v) is 1.76. The fourth-order valence-corrected chi connectivity index (χ4v) is 0.287. The van der Waals surface area contributed by atoms with Crippen LogP contribution in [0.5, 0.6) is 0 Å². The molecule has 0 unspecified atom stereocenters. The lowest BCUT2D eigenvalue weighted by Gasteiger charge is -1.64. The number of allylic oxidation sites excluding steroid dienone is 1. The molecule has 1 aliphatic heterocycles. The van der Waals surface area contributed by atoms with Crippen molar-refractivity contribution in [2.75, 3.05) is 0 Å². The van der Waals surface area contributed by atoms with Crippen LogP contribution >= 0.6 is 0 Å². The lowest BCUT2D eigenvalue weighted by atomic mass is 10.5. The van der Waals surface area contributed by atoms with Gasteiger partial charge in [-0.3, -0.25) is 0 Å². The second-order valence-corrected chi connectivity index (χ2v) is 1.02. The maximum absolute atomic E-state index is 9.64. The van der Waals surface area contributed by atoms with Gasteiger partial charge in [-0.05, 0) is 6.08 Å². The molecule has 0 N–H and O–H groups in total. The molecule has 1 rings (SSSR count). The van der Waals surface area contributed by atoms with E-state index in [0.29, 0.717) is 0 Å². The van der Waals surface area contributed by atoms with Gasteiger partial charge in [0.2, 0.25) is 0 Å². The van der Waals surface area contributed by atoms with Crippen molar-refractivity contribution < 1.29 is 4.79 Å². The molecule has 0 fully saturated rings. The van der Waals surface area contributed by atoms with Crippen LogP contribution in [-0.4, -0.2) is 5.94 Å². The van der Waals surface area contributed by atoms with Crippen molar-refractivity contribution in [2.45, 2.75) is 0 Å². The van der Waals surface area contributed by atoms with E-state index in [0.717, 1.165) is 0 Å². The Morgan fingerprint density at radius 2 is 2.57 bits per heavy atom. The number of azo groups is 1. The van der Waals surface area contributed by atoms with Gasteiger partial charge in [0, 0.05) is 0 Å². The average molecular weight is 94.1 g/mol. The van der Waals surface area contributed by atoms with Crippen molar-refractivity contribution in [2.24, 2.45) is 10.2 Å². The Hall–Kier alpha value is -1.21. The van der Waals surface area contributed by atoms with Crippen molar-refractivity contribution in [1.82, 2.24) is 0 Å². The summed E-state index contributed by atoms with van der Waals surface area (Å²) in [4.78, 5) is 9.64. The zero-order valence-electron chi connectivity index (χ0n) is 3.46. The van der Waals surface area contributed by atoms with E-state index < -0.39 is 0 Å². The minimum atomic E-state index is 0.264. The molecule has 3 nitrogen and oxygen atoms in total. The smallest absolute Gasteiger partial charge is 0.171 e. The summed E-state index contributed by atoms with van der Waals surface area (Å²) >= 11 is 0. The Labute approximate surface area is 40.1 Å². The lowest BCUT2D eigenvalue weighted by molar-refractivity contribution is 0.567. The second kappa shape index (κ2) is 1.49. The zero-order valence-corrected chi connectivity index (χ0v) is 3.46. The molecule has 0 saturated carbocycles. The topological polar surface area (TPSA) is 41.8 Å². The maximum atomic E-state index is 9.64. The molecule has 7 heavy (non-hydrogen) atoms. The molecule has 0 bridgehead atoms. The van der Waals surface area contributed by atoms with E-state index in [-0.39, 0.29) is 5.70 Å². The van der Waals surface area contributed by atoms with Gasteiger partial charge in [-0.15, -0.1) is 5.11 Å². The SMILES string of the molecule is O=C=C1C=CN=N1. The van der Waals surface area contributed by atoms with Crippen molar-refractivity contribution in [3.63, 3.8) is 0 Å². The molecule has 3 heteroatoms. The number of nitrogens with zero attached hydrogens (tertiary/aromatic N) is 2. The standard InChI is InChI=1S/C4H2N2O/c7-3-4-1-2-5-6-4/h1-2H. The summed E-state index contributed by atoms with van der Waals surface area (Å²) in [5, 5.41) is 6.74. The van der Waals surface area contributed by atoms with Gasteiger partial charge >= 0.3 is 0 Å². The van der Waals surface area contributed by atoms with Crippen LogP contribution in [0.3, 0.4) is 0 Å². The van der Waals surface area contributed by atoms with Crippen molar-refractivity contribution in [3.05, 3.63) is 18.0 Å². The molecule has 0 radical (unpaired) electrons. The largest absolute Gasteiger partial charge is 0.231 e. The molecule has 34 valence electrons. The highest BCUT2D eigenvalue weighted by Crippen LogP contribution is 2.01. The molecule has 1 heterocycles. The summed E-state index contributed by atoms with van der Waals surface area (Å²) in [7, 11) is 0. The van der Waals surface area contributed by atoms with Crippen LogP contribution in [0.4, 0.5) is 0 Å². The van der Waals surface area contributed by atoms with E-state index in [1.807, 2.05) is 0 Å². The van der Waals surface area contributed by atoms with Gasteiger partial charge in [-0.1, -0.05) is 0 Å². The minimum absolute atomic E-state index is 0.264. The van der Waals surface area contributed by atoms with E-state index in [4.69, 9.17) is 0 Å². The number of hydrogen-bond acceptors (Lipinski definition) is 3. The highest BCUT2D eigenvalue weighted by atomic mass is 16.1. The van der Waals surface area contributed by atoms with Crippen LogP contribution in [0.2, 0.25) is 0 Å². The van der Waals surface area contributed by atoms with Crippen LogP contribution < -0.4 is 0 Å². The molecular weight excluding hydrogens is 92.1 g/mol. The Kier molecular flexibility index (Phi) is 0.845. The van der Waals surface area contributed by atoms with Crippen molar-refractivity contribution >= 4 is 5.94 Å². The first-order valence-electron chi connectivity index (χ1n) is 1.76. The van der Waals surface area contributed by atoms with Gasteiger partial charge in [-0.25, -0.2) is 4.79 Å². The van der Waals surface area contributed by atoms with Crippen LogP contribution in [0, 0.1) is 0 Å². The molecule has 0 amide bonds. The number of carbonyl (C=O) groups excluding carboxylic acids is 1. The van der Waals surface area contributed by atoms with Gasteiger partial charge in [-0.2, -0.15) is 5.11 Å². The normalized spacial score (nSPS) is 15.1. The maximum Gasteiger partial charge on any atom is 0.171 e. The highest BCUT2D eigenvalue weighted by Gasteiger charge is 1.90. The average Bonchev–Trinajstić information content (AvgIpc) is 2.14. The van der Waals surface area contributed by atoms with Gasteiger partial charge in [0.15, 0.2) is 11.6 Å². The number of rotatable bonds is 0. The molecule has 0 spiro atoms. The second-order valence-electron chi connectivity index (χ2n) is 1.02. The van der Waals surface area contributed by atoms with E-state index in [9.17, 15) is 4.79 Å². The Morgan fingerprint density at radius 1 is 1.71 bits per heavy atom. The van der Waals surface area contributed by atoms with Crippen molar-refractivity contribution in [1.29, 1.82) is 0 Å². The summed E-state index contributed by atoms with van der Waals surface area (Å²) in [6.45, 7) is 0. The summed E-state index contributed by atoms with van der Waals surface area (Å²) in [6.07, 6.45) is 2.94. The molecule has 0 aromatic heterocycles. The van der Waals surface area contributed by atoms with E-state index in [1.165, 1.54) is 12.3 Å². The van der Waals surface area contributed by atoms with Crippen molar-refractivity contribution in [3.8, 4) is 0 Å². The number of hydrogen-bond donors (Lipinski definition) is 0. The predicted molar refractivity (Wildman–Crippen MR) is 23.2 cm³/mol. The summed E-state index contributed by atoms with van der Waals surface area (Å²) < 4.78 is 0. The summed E-state index contributed by atoms with van der Waals surface area (Å²) in [6, 6.07) is 0. The third kappa shape index (κ3) is 0.614. The molecule has 0 aliphatic carbocycles. The fraction of sp³-hybridized carbons (Fsp3) is 0. The Bertz CT molecular complexity index is 160. The predicted octanol–water partition coefficient (Wildman–Crippen LogP) is 0.681. The van der Waals surface area contributed by atoms with Gasteiger partial charge in [0.1, 0.15) is 0 Å². The molecule has 0 saturated heterocycles. The molecule has 0 aromatic carbocycles. The van der Waals surface area contributed by atoms with Gasteiger partial charge in [0.05, 0.1) is 6.20 Å². The fourth-order valence-electron chi connectivity index (χ4n) is 0.287. The highest BCUT2D eigenvalue weighted by molar-refractivity contribution is 5.56. The van der Waals surface area contributed by atoms with Crippen LogP contribution in [0.1, 0.15) is 0 Å². The summed E-state index contributed by atoms with van der Waals surface area (Å²) in [5.41, 5.74) is 0.264. The third-order valence-electron chi connectivity index (χ3n) is 0.569. The van der Waals surface area contributed by atoms with Crippen LogP contribution in [0.25, 0.3) is 0 Å². The van der Waals surface area contributed by atoms with E-state index in [2.05, 4.69) is 10.2 Å². The first kappa shape index (κ1) is 3.96. The van der Waals surface area contributed by atoms with E-state index in [1.54, 1.807) is 5.94 Å². The lowest BCUT2D eigenvalue weighted by Crippen LogP contribution is -1.60. The Morgan fingerprint density at radius 3 is 2.86 bits per heavy atom. The molecular formula is C4H2N2O. The summed E-state index contributed by atoms with van der Waals surface area (Å²) in [5.74, 6) is 1.58. The Balaban J connectivity index is 3.00. The quantitative estimate of drug-likeness (QED) is 0.407. The minimum Gasteiger partial charge on any atom is -0.231 e.